The Bertz CT molecular complexity index is 592. The van der Waals surface area contributed by atoms with E-state index in [0.717, 1.165) is 0 Å². The van der Waals surface area contributed by atoms with E-state index in [1.807, 2.05) is 6.26 Å². The summed E-state index contributed by atoms with van der Waals surface area (Å²) in [5.74, 6) is 0.395. The summed E-state index contributed by atoms with van der Waals surface area (Å²) in [6, 6.07) is 2.63. The normalized spacial score (nSPS) is 15.1. The first-order valence-electron chi connectivity index (χ1n) is 5.55. The van der Waals surface area contributed by atoms with Gasteiger partial charge in [-0.2, -0.15) is 11.8 Å². The van der Waals surface area contributed by atoms with E-state index >= 15 is 0 Å². The van der Waals surface area contributed by atoms with Gasteiger partial charge in [0.1, 0.15) is 4.90 Å². The fraction of sp³-hybridized carbons (Fsp3) is 0.455. The zero-order valence-electron chi connectivity index (χ0n) is 11.0. The van der Waals surface area contributed by atoms with Gasteiger partial charge in [-0.3, -0.25) is 0 Å². The second kappa shape index (κ2) is 6.72. The fourth-order valence-electron chi connectivity index (χ4n) is 1.45. The summed E-state index contributed by atoms with van der Waals surface area (Å²) in [5, 5.41) is 10.0. The van der Waals surface area contributed by atoms with E-state index in [4.69, 9.17) is 28.9 Å². The smallest absolute Gasteiger partial charge is 0.242 e. The minimum atomic E-state index is -3.87. The molecule has 9 heteroatoms. The van der Waals surface area contributed by atoms with Gasteiger partial charge in [0, 0.05) is 12.3 Å². The van der Waals surface area contributed by atoms with Crippen molar-refractivity contribution in [1.29, 1.82) is 0 Å². The van der Waals surface area contributed by atoms with Crippen LogP contribution in [0.15, 0.2) is 17.0 Å². The number of rotatable bonds is 6. The largest absolute Gasteiger partial charge is 0.396 e. The molecule has 0 aliphatic carbocycles. The van der Waals surface area contributed by atoms with Crippen molar-refractivity contribution in [2.24, 2.45) is 0 Å². The number of nitrogens with one attached hydrogen (secondary N) is 1. The first-order valence-corrected chi connectivity index (χ1v) is 9.18. The zero-order valence-corrected chi connectivity index (χ0v) is 14.1. The van der Waals surface area contributed by atoms with Crippen molar-refractivity contribution in [1.82, 2.24) is 4.72 Å². The molecule has 0 saturated heterocycles. The maximum Gasteiger partial charge on any atom is 0.242 e. The van der Waals surface area contributed by atoms with Crippen molar-refractivity contribution in [3.63, 3.8) is 0 Å². The third-order valence-electron chi connectivity index (χ3n) is 2.48. The topological polar surface area (TPSA) is 92.4 Å². The summed E-state index contributed by atoms with van der Waals surface area (Å²) in [6.45, 7) is 1.42. The molecule has 1 atom stereocenters. The van der Waals surface area contributed by atoms with Gasteiger partial charge in [-0.25, -0.2) is 13.1 Å². The summed E-state index contributed by atoms with van der Waals surface area (Å²) in [7, 11) is -3.87. The highest BCUT2D eigenvalue weighted by atomic mass is 35.5. The fourth-order valence-corrected chi connectivity index (χ4v) is 4.10. The van der Waals surface area contributed by atoms with Crippen LogP contribution in [0, 0.1) is 0 Å². The molecule has 1 rings (SSSR count). The van der Waals surface area contributed by atoms with Gasteiger partial charge in [-0.1, -0.05) is 23.2 Å². The maximum absolute atomic E-state index is 12.2. The van der Waals surface area contributed by atoms with E-state index in [0.29, 0.717) is 5.75 Å². The second-order valence-electron chi connectivity index (χ2n) is 4.53. The summed E-state index contributed by atoms with van der Waals surface area (Å²) in [4.78, 5) is -0.166. The van der Waals surface area contributed by atoms with Gasteiger partial charge in [0.25, 0.3) is 0 Å². The Hall–Kier alpha value is -0.180. The summed E-state index contributed by atoms with van der Waals surface area (Å²) in [5.41, 5.74) is 4.45. The van der Waals surface area contributed by atoms with Crippen LogP contribution in [0.1, 0.15) is 6.92 Å². The van der Waals surface area contributed by atoms with Crippen LogP contribution in [-0.2, 0) is 10.0 Å². The molecule has 20 heavy (non-hydrogen) atoms. The van der Waals surface area contributed by atoms with Gasteiger partial charge in [0.2, 0.25) is 10.0 Å². The second-order valence-corrected chi connectivity index (χ2v) is 7.91. The molecule has 4 N–H and O–H groups in total. The molecule has 0 aromatic heterocycles. The Balaban J connectivity index is 2.99. The van der Waals surface area contributed by atoms with Crippen LogP contribution in [0.2, 0.25) is 10.0 Å². The van der Waals surface area contributed by atoms with E-state index in [-0.39, 0.29) is 27.2 Å². The highest BCUT2D eigenvalue weighted by Gasteiger charge is 2.26. The van der Waals surface area contributed by atoms with Crippen LogP contribution in [0.5, 0.6) is 0 Å². The molecule has 5 nitrogen and oxygen atoms in total. The third-order valence-corrected chi connectivity index (χ3v) is 5.68. The molecule has 0 bridgehead atoms. The first kappa shape index (κ1) is 17.9. The van der Waals surface area contributed by atoms with E-state index in [9.17, 15) is 13.5 Å². The SMILES string of the molecule is CSCC(C)(O)CNS(=O)(=O)c1ccc(Cl)c(N)c1Cl. The molecule has 0 aliphatic rings. The number of halogens is 2. The van der Waals surface area contributed by atoms with Gasteiger partial charge in [-0.05, 0) is 25.3 Å². The molecule has 0 radical (unpaired) electrons. The lowest BCUT2D eigenvalue weighted by Gasteiger charge is -2.22. The van der Waals surface area contributed by atoms with Crippen molar-refractivity contribution in [3.05, 3.63) is 22.2 Å². The van der Waals surface area contributed by atoms with Crippen LogP contribution in [-0.4, -0.2) is 37.7 Å². The average Bonchev–Trinajstić information content (AvgIpc) is 2.34. The molecule has 0 heterocycles. The van der Waals surface area contributed by atoms with Crippen LogP contribution in [0.4, 0.5) is 5.69 Å². The minimum absolute atomic E-state index is 0.00656. The highest BCUT2D eigenvalue weighted by Crippen LogP contribution is 2.33. The van der Waals surface area contributed by atoms with Crippen molar-refractivity contribution >= 4 is 50.7 Å². The molecule has 0 aliphatic heterocycles. The van der Waals surface area contributed by atoms with E-state index < -0.39 is 15.6 Å². The van der Waals surface area contributed by atoms with Gasteiger partial charge < -0.3 is 10.8 Å². The first-order chi connectivity index (χ1) is 9.10. The van der Waals surface area contributed by atoms with Crippen LogP contribution in [0.25, 0.3) is 0 Å². The predicted octanol–water partition coefficient (Wildman–Crippen LogP) is 1.97. The van der Waals surface area contributed by atoms with Crippen molar-refractivity contribution in [2.75, 3.05) is 24.3 Å². The van der Waals surface area contributed by atoms with Crippen molar-refractivity contribution < 1.29 is 13.5 Å². The Labute approximate surface area is 132 Å². The van der Waals surface area contributed by atoms with Gasteiger partial charge >= 0.3 is 0 Å². The Morgan fingerprint density at radius 2 is 2.05 bits per heavy atom. The number of nitrogens with two attached hydrogens (primary N) is 1. The molecule has 1 aromatic rings. The van der Waals surface area contributed by atoms with E-state index in [1.54, 1.807) is 6.92 Å². The number of hydrogen-bond donors (Lipinski definition) is 3. The van der Waals surface area contributed by atoms with Gasteiger partial charge in [0.15, 0.2) is 0 Å². The zero-order chi connectivity index (χ0) is 15.6. The summed E-state index contributed by atoms with van der Waals surface area (Å²) in [6.07, 6.45) is 1.82. The Morgan fingerprint density at radius 1 is 1.45 bits per heavy atom. The molecule has 1 aromatic carbocycles. The Morgan fingerprint density at radius 3 is 2.60 bits per heavy atom. The number of thioether (sulfide) groups is 1. The molecule has 0 spiro atoms. The standard InChI is InChI=1S/C11H16Cl2N2O3S2/c1-11(16,6-19-2)5-15-20(17,18)8-4-3-7(12)10(14)9(8)13/h3-4,15-16H,5-6,14H2,1-2H3. The highest BCUT2D eigenvalue weighted by molar-refractivity contribution is 7.98. The van der Waals surface area contributed by atoms with Crippen molar-refractivity contribution in [3.8, 4) is 0 Å². The van der Waals surface area contributed by atoms with Crippen LogP contribution in [0.3, 0.4) is 0 Å². The minimum Gasteiger partial charge on any atom is -0.396 e. The average molecular weight is 359 g/mol. The lowest BCUT2D eigenvalue weighted by atomic mass is 10.1. The third kappa shape index (κ3) is 4.41. The number of anilines is 1. The summed E-state index contributed by atoms with van der Waals surface area (Å²) < 4.78 is 26.6. The lowest BCUT2D eigenvalue weighted by Crippen LogP contribution is -2.42. The number of benzene rings is 1. The molecule has 0 amide bonds. The Kier molecular flexibility index (Phi) is 6.01. The predicted molar refractivity (Wildman–Crippen MR) is 85.1 cm³/mol. The summed E-state index contributed by atoms with van der Waals surface area (Å²) >= 11 is 13.1. The van der Waals surface area contributed by atoms with Crippen LogP contribution >= 0.6 is 35.0 Å². The molecule has 0 fully saturated rings. The van der Waals surface area contributed by atoms with E-state index in [1.165, 1.54) is 23.9 Å². The quantitative estimate of drug-likeness (QED) is 0.676. The van der Waals surface area contributed by atoms with Gasteiger partial charge in [-0.15, -0.1) is 0 Å². The van der Waals surface area contributed by atoms with Crippen molar-refractivity contribution in [2.45, 2.75) is 17.4 Å². The number of nitrogen functional groups attached to an aromatic ring is 1. The number of aliphatic hydroxyl groups is 1. The van der Waals surface area contributed by atoms with Gasteiger partial charge in [0.05, 0.1) is 21.3 Å². The molecule has 114 valence electrons. The van der Waals surface area contributed by atoms with Crippen LogP contribution < -0.4 is 10.5 Å². The molecular formula is C11H16Cl2N2O3S2. The molecule has 1 unspecified atom stereocenters. The monoisotopic (exact) mass is 358 g/mol. The van der Waals surface area contributed by atoms with E-state index in [2.05, 4.69) is 4.72 Å². The number of sulfonamides is 1. The lowest BCUT2D eigenvalue weighted by molar-refractivity contribution is 0.0908. The maximum atomic E-state index is 12.2. The number of hydrogen-bond acceptors (Lipinski definition) is 5. The molecular weight excluding hydrogens is 343 g/mol. The molecule has 0 saturated carbocycles.